The van der Waals surface area contributed by atoms with Crippen molar-refractivity contribution in [3.8, 4) is 0 Å². The average molecular weight is 278 g/mol. The number of furan rings is 1. The first-order chi connectivity index (χ1) is 9.48. The molecule has 1 aliphatic heterocycles. The highest BCUT2D eigenvalue weighted by molar-refractivity contribution is 5.17. The SMILES string of the molecule is CCC1CCCN(Cc2occc2CNC(C)(C)C)C1. The van der Waals surface area contributed by atoms with Crippen molar-refractivity contribution < 1.29 is 4.42 Å². The van der Waals surface area contributed by atoms with E-state index >= 15 is 0 Å². The zero-order valence-electron chi connectivity index (χ0n) is 13.5. The Morgan fingerprint density at radius 3 is 2.90 bits per heavy atom. The summed E-state index contributed by atoms with van der Waals surface area (Å²) in [6, 6.07) is 2.11. The quantitative estimate of drug-likeness (QED) is 0.888. The monoisotopic (exact) mass is 278 g/mol. The van der Waals surface area contributed by atoms with E-state index in [4.69, 9.17) is 4.42 Å². The third-order valence-corrected chi connectivity index (χ3v) is 4.19. The minimum absolute atomic E-state index is 0.146. The Morgan fingerprint density at radius 2 is 2.20 bits per heavy atom. The van der Waals surface area contributed by atoms with Gasteiger partial charge in [0.25, 0.3) is 0 Å². The first-order valence-corrected chi connectivity index (χ1v) is 8.00. The van der Waals surface area contributed by atoms with E-state index < -0.39 is 0 Å². The molecule has 3 heteroatoms. The second-order valence-electron chi connectivity index (χ2n) is 7.12. The number of likely N-dealkylation sites (tertiary alicyclic amines) is 1. The fourth-order valence-electron chi connectivity index (χ4n) is 2.85. The van der Waals surface area contributed by atoms with Gasteiger partial charge in [-0.25, -0.2) is 0 Å². The molecule has 2 heterocycles. The lowest BCUT2D eigenvalue weighted by molar-refractivity contribution is 0.154. The van der Waals surface area contributed by atoms with E-state index in [1.165, 1.54) is 37.9 Å². The van der Waals surface area contributed by atoms with Crippen LogP contribution in [-0.4, -0.2) is 23.5 Å². The van der Waals surface area contributed by atoms with Gasteiger partial charge < -0.3 is 9.73 Å². The predicted octanol–water partition coefficient (Wildman–Crippen LogP) is 3.79. The summed E-state index contributed by atoms with van der Waals surface area (Å²) in [6.07, 6.45) is 5.85. The first-order valence-electron chi connectivity index (χ1n) is 8.00. The van der Waals surface area contributed by atoms with E-state index in [0.29, 0.717) is 0 Å². The molecular weight excluding hydrogens is 248 g/mol. The summed E-state index contributed by atoms with van der Waals surface area (Å²) in [5, 5.41) is 3.54. The van der Waals surface area contributed by atoms with E-state index in [9.17, 15) is 0 Å². The lowest BCUT2D eigenvalue weighted by Gasteiger charge is -2.31. The van der Waals surface area contributed by atoms with Crippen LogP contribution in [-0.2, 0) is 13.1 Å². The Labute approximate surface area is 123 Å². The highest BCUT2D eigenvalue weighted by Crippen LogP contribution is 2.22. The van der Waals surface area contributed by atoms with Crippen LogP contribution < -0.4 is 5.32 Å². The van der Waals surface area contributed by atoms with Gasteiger partial charge in [-0.3, -0.25) is 4.90 Å². The predicted molar refractivity (Wildman–Crippen MR) is 83.6 cm³/mol. The summed E-state index contributed by atoms with van der Waals surface area (Å²) >= 11 is 0. The van der Waals surface area contributed by atoms with Gasteiger partial charge in [0.15, 0.2) is 0 Å². The topological polar surface area (TPSA) is 28.4 Å². The third-order valence-electron chi connectivity index (χ3n) is 4.19. The first kappa shape index (κ1) is 15.6. The fourth-order valence-corrected chi connectivity index (χ4v) is 2.85. The van der Waals surface area contributed by atoms with Crippen LogP contribution in [0.25, 0.3) is 0 Å². The normalized spacial score (nSPS) is 21.3. The molecule has 1 aliphatic rings. The van der Waals surface area contributed by atoms with Crippen LogP contribution in [0.15, 0.2) is 16.7 Å². The minimum atomic E-state index is 0.146. The zero-order chi connectivity index (χ0) is 14.6. The second kappa shape index (κ2) is 6.77. The van der Waals surface area contributed by atoms with Crippen molar-refractivity contribution in [2.45, 2.75) is 65.6 Å². The summed E-state index contributed by atoms with van der Waals surface area (Å²) in [7, 11) is 0. The van der Waals surface area contributed by atoms with Crippen LogP contribution in [0, 0.1) is 5.92 Å². The van der Waals surface area contributed by atoms with E-state index in [1.54, 1.807) is 0 Å². The molecule has 1 aromatic heterocycles. The smallest absolute Gasteiger partial charge is 0.122 e. The van der Waals surface area contributed by atoms with Gasteiger partial charge in [-0.15, -0.1) is 0 Å². The van der Waals surface area contributed by atoms with Gasteiger partial charge >= 0.3 is 0 Å². The third kappa shape index (κ3) is 4.64. The second-order valence-corrected chi connectivity index (χ2v) is 7.12. The van der Waals surface area contributed by atoms with E-state index in [0.717, 1.165) is 24.8 Å². The van der Waals surface area contributed by atoms with E-state index in [-0.39, 0.29) is 5.54 Å². The van der Waals surface area contributed by atoms with Gasteiger partial charge in [0.1, 0.15) is 5.76 Å². The summed E-state index contributed by atoms with van der Waals surface area (Å²) in [5.41, 5.74) is 1.45. The van der Waals surface area contributed by atoms with Crippen LogP contribution in [0.2, 0.25) is 0 Å². The maximum Gasteiger partial charge on any atom is 0.122 e. The highest BCUT2D eigenvalue weighted by atomic mass is 16.3. The van der Waals surface area contributed by atoms with Crippen molar-refractivity contribution in [2.24, 2.45) is 5.92 Å². The summed E-state index contributed by atoms with van der Waals surface area (Å²) < 4.78 is 5.72. The van der Waals surface area contributed by atoms with Crippen LogP contribution in [0.1, 0.15) is 58.3 Å². The van der Waals surface area contributed by atoms with Crippen LogP contribution in [0.5, 0.6) is 0 Å². The highest BCUT2D eigenvalue weighted by Gasteiger charge is 2.20. The van der Waals surface area contributed by atoms with Crippen molar-refractivity contribution in [1.29, 1.82) is 0 Å². The number of nitrogens with zero attached hydrogens (tertiary/aromatic N) is 1. The zero-order valence-corrected chi connectivity index (χ0v) is 13.5. The molecule has 1 aromatic rings. The van der Waals surface area contributed by atoms with Crippen molar-refractivity contribution in [3.63, 3.8) is 0 Å². The van der Waals surface area contributed by atoms with Crippen molar-refractivity contribution in [3.05, 3.63) is 23.7 Å². The lowest BCUT2D eigenvalue weighted by atomic mass is 9.95. The molecule has 0 aliphatic carbocycles. The molecule has 2 rings (SSSR count). The Morgan fingerprint density at radius 1 is 1.40 bits per heavy atom. The molecule has 0 saturated carbocycles. The molecule has 0 amide bonds. The maximum atomic E-state index is 5.72. The molecule has 1 saturated heterocycles. The molecular formula is C17H30N2O. The molecule has 1 unspecified atom stereocenters. The standard InChI is InChI=1S/C17H30N2O/c1-5-14-7-6-9-19(12-14)13-16-15(8-10-20-16)11-18-17(2,3)4/h8,10,14,18H,5-7,9,11-13H2,1-4H3. The van der Waals surface area contributed by atoms with E-state index in [2.05, 4.69) is 44.0 Å². The largest absolute Gasteiger partial charge is 0.468 e. The van der Waals surface area contributed by atoms with Gasteiger partial charge in [-0.1, -0.05) is 13.3 Å². The van der Waals surface area contributed by atoms with Crippen molar-refractivity contribution in [1.82, 2.24) is 10.2 Å². The molecule has 0 spiro atoms. The van der Waals surface area contributed by atoms with Crippen LogP contribution in [0.4, 0.5) is 0 Å². The fraction of sp³-hybridized carbons (Fsp3) is 0.765. The van der Waals surface area contributed by atoms with Gasteiger partial charge in [-0.2, -0.15) is 0 Å². The molecule has 3 nitrogen and oxygen atoms in total. The average Bonchev–Trinajstić information content (AvgIpc) is 2.83. The molecule has 0 aromatic carbocycles. The molecule has 1 fully saturated rings. The number of piperidine rings is 1. The molecule has 0 radical (unpaired) electrons. The van der Waals surface area contributed by atoms with E-state index in [1.807, 2.05) is 6.26 Å². The summed E-state index contributed by atoms with van der Waals surface area (Å²) in [6.45, 7) is 13.2. The molecule has 1 atom stereocenters. The molecule has 20 heavy (non-hydrogen) atoms. The Balaban J connectivity index is 1.91. The number of hydrogen-bond donors (Lipinski definition) is 1. The van der Waals surface area contributed by atoms with Gasteiger partial charge in [0.05, 0.1) is 12.8 Å². The van der Waals surface area contributed by atoms with Crippen molar-refractivity contribution in [2.75, 3.05) is 13.1 Å². The number of rotatable bonds is 5. The maximum absolute atomic E-state index is 5.72. The lowest BCUT2D eigenvalue weighted by Crippen LogP contribution is -2.36. The summed E-state index contributed by atoms with van der Waals surface area (Å²) in [4.78, 5) is 2.55. The van der Waals surface area contributed by atoms with Crippen LogP contribution >= 0.6 is 0 Å². The Hall–Kier alpha value is -0.800. The van der Waals surface area contributed by atoms with Gasteiger partial charge in [0.2, 0.25) is 0 Å². The Bertz CT molecular complexity index is 405. The number of nitrogens with one attached hydrogen (secondary N) is 1. The Kier molecular flexibility index (Phi) is 5.28. The minimum Gasteiger partial charge on any atom is -0.468 e. The van der Waals surface area contributed by atoms with Crippen molar-refractivity contribution >= 4 is 0 Å². The van der Waals surface area contributed by atoms with Gasteiger partial charge in [-0.05, 0) is 52.1 Å². The number of hydrogen-bond acceptors (Lipinski definition) is 3. The molecule has 1 N–H and O–H groups in total. The molecule has 0 bridgehead atoms. The van der Waals surface area contributed by atoms with Crippen LogP contribution in [0.3, 0.4) is 0 Å². The summed E-state index contributed by atoms with van der Waals surface area (Å²) in [5.74, 6) is 2.01. The van der Waals surface area contributed by atoms with Gasteiger partial charge in [0, 0.05) is 24.2 Å². The molecule has 114 valence electrons.